The Balaban J connectivity index is 2.30. The van der Waals surface area contributed by atoms with Crippen LogP contribution >= 0.6 is 0 Å². The lowest BCUT2D eigenvalue weighted by atomic mass is 10.2. The van der Waals surface area contributed by atoms with Crippen LogP contribution in [0.5, 0.6) is 0 Å². The van der Waals surface area contributed by atoms with E-state index in [1.165, 1.54) is 0 Å². The number of hydrogen-bond donors (Lipinski definition) is 1. The van der Waals surface area contributed by atoms with Crippen molar-refractivity contribution in [2.45, 2.75) is 19.4 Å². The van der Waals surface area contributed by atoms with E-state index in [9.17, 15) is 13.6 Å². The molecule has 0 aliphatic carbocycles. The van der Waals surface area contributed by atoms with Gasteiger partial charge in [0.05, 0.1) is 0 Å². The third kappa shape index (κ3) is 1.85. The highest BCUT2D eigenvalue weighted by Crippen LogP contribution is 2.24. The fourth-order valence-corrected chi connectivity index (χ4v) is 1.73. The molecule has 0 radical (unpaired) electrons. The molecule has 1 N–H and O–H groups in total. The first kappa shape index (κ1) is 10.9. The summed E-state index contributed by atoms with van der Waals surface area (Å²) in [7, 11) is 0. The number of carbonyl (C=O) groups excluding carboxylic acids is 1. The number of rotatable bonds is 2. The minimum Gasteiger partial charge on any atom is -0.335 e. The highest BCUT2D eigenvalue weighted by molar-refractivity contribution is 5.95. The molecule has 1 heterocycles. The van der Waals surface area contributed by atoms with Gasteiger partial charge in [-0.1, -0.05) is 17.7 Å². The smallest absolute Gasteiger partial charge is 0.322 e. The second kappa shape index (κ2) is 4.08. The van der Waals surface area contributed by atoms with Crippen LogP contribution in [0.25, 0.3) is 0 Å². The Morgan fingerprint density at radius 1 is 1.38 bits per heavy atom. The molecule has 0 aromatic heterocycles. The van der Waals surface area contributed by atoms with E-state index in [0.717, 1.165) is 10.5 Å². The SMILES string of the molecule is Cc1ccc(N2C(=O)NCC2C(F)F)cc1. The van der Waals surface area contributed by atoms with E-state index in [1.807, 2.05) is 6.92 Å². The van der Waals surface area contributed by atoms with Crippen molar-refractivity contribution >= 4 is 11.7 Å². The summed E-state index contributed by atoms with van der Waals surface area (Å²) >= 11 is 0. The number of urea groups is 1. The molecule has 0 bridgehead atoms. The Morgan fingerprint density at radius 2 is 2.00 bits per heavy atom. The number of carbonyl (C=O) groups is 1. The Bertz CT molecular complexity index is 391. The number of benzene rings is 1. The van der Waals surface area contributed by atoms with Gasteiger partial charge in [0, 0.05) is 12.2 Å². The summed E-state index contributed by atoms with van der Waals surface area (Å²) in [5.41, 5.74) is 1.53. The van der Waals surface area contributed by atoms with E-state index in [-0.39, 0.29) is 6.54 Å². The van der Waals surface area contributed by atoms with Gasteiger partial charge in [0.25, 0.3) is 6.43 Å². The van der Waals surface area contributed by atoms with Gasteiger partial charge in [-0.3, -0.25) is 4.90 Å². The number of aryl methyl sites for hydroxylation is 1. The van der Waals surface area contributed by atoms with Crippen molar-refractivity contribution in [3.63, 3.8) is 0 Å². The lowest BCUT2D eigenvalue weighted by molar-refractivity contribution is 0.122. The van der Waals surface area contributed by atoms with E-state index < -0.39 is 18.5 Å². The van der Waals surface area contributed by atoms with Gasteiger partial charge in [-0.25, -0.2) is 13.6 Å². The van der Waals surface area contributed by atoms with Gasteiger partial charge < -0.3 is 5.32 Å². The molecule has 1 aliphatic heterocycles. The summed E-state index contributed by atoms with van der Waals surface area (Å²) in [6.07, 6.45) is -2.54. The van der Waals surface area contributed by atoms with Crippen LogP contribution in [0.1, 0.15) is 5.56 Å². The van der Waals surface area contributed by atoms with Crippen LogP contribution in [0.4, 0.5) is 19.3 Å². The normalized spacial score (nSPS) is 20.4. The number of nitrogens with zero attached hydrogens (tertiary/aromatic N) is 1. The molecule has 0 spiro atoms. The fourth-order valence-electron chi connectivity index (χ4n) is 1.73. The molecule has 86 valence electrons. The van der Waals surface area contributed by atoms with Crippen molar-refractivity contribution in [3.05, 3.63) is 29.8 Å². The van der Waals surface area contributed by atoms with E-state index in [2.05, 4.69) is 5.32 Å². The largest absolute Gasteiger partial charge is 0.335 e. The summed E-state index contributed by atoms with van der Waals surface area (Å²) in [5, 5.41) is 2.42. The lowest BCUT2D eigenvalue weighted by Crippen LogP contribution is -2.38. The molecule has 1 aromatic rings. The first-order chi connectivity index (χ1) is 7.59. The predicted octanol–water partition coefficient (Wildman–Crippen LogP) is 2.16. The Labute approximate surface area is 92.1 Å². The summed E-state index contributed by atoms with van der Waals surface area (Å²) in [6, 6.07) is 5.40. The zero-order chi connectivity index (χ0) is 11.7. The molecule has 3 nitrogen and oxygen atoms in total. The predicted molar refractivity (Wildman–Crippen MR) is 56.8 cm³/mol. The highest BCUT2D eigenvalue weighted by Gasteiger charge is 2.37. The number of alkyl halides is 2. The van der Waals surface area contributed by atoms with Crippen molar-refractivity contribution in [1.82, 2.24) is 5.32 Å². The summed E-state index contributed by atoms with van der Waals surface area (Å²) in [6.45, 7) is 1.89. The van der Waals surface area contributed by atoms with Crippen LogP contribution < -0.4 is 10.2 Å². The molecular formula is C11H12F2N2O. The Morgan fingerprint density at radius 3 is 2.56 bits per heavy atom. The quantitative estimate of drug-likeness (QED) is 0.823. The molecule has 1 aliphatic rings. The van der Waals surface area contributed by atoms with Gasteiger partial charge in [0.2, 0.25) is 0 Å². The van der Waals surface area contributed by atoms with Crippen molar-refractivity contribution in [2.75, 3.05) is 11.4 Å². The third-order valence-electron chi connectivity index (χ3n) is 2.62. The highest BCUT2D eigenvalue weighted by atomic mass is 19.3. The fraction of sp³-hybridized carbons (Fsp3) is 0.364. The van der Waals surface area contributed by atoms with Gasteiger partial charge in [-0.2, -0.15) is 0 Å². The number of halogens is 2. The van der Waals surface area contributed by atoms with Crippen LogP contribution in [-0.4, -0.2) is 25.0 Å². The average molecular weight is 226 g/mol. The topological polar surface area (TPSA) is 32.3 Å². The molecule has 1 unspecified atom stereocenters. The van der Waals surface area contributed by atoms with E-state index in [1.54, 1.807) is 24.3 Å². The van der Waals surface area contributed by atoms with Crippen molar-refractivity contribution in [2.24, 2.45) is 0 Å². The third-order valence-corrected chi connectivity index (χ3v) is 2.62. The number of amides is 2. The summed E-state index contributed by atoms with van der Waals surface area (Å²) < 4.78 is 25.4. The molecule has 1 saturated heterocycles. The average Bonchev–Trinajstić information content (AvgIpc) is 2.62. The van der Waals surface area contributed by atoms with E-state index >= 15 is 0 Å². The molecule has 2 rings (SSSR count). The number of anilines is 1. The van der Waals surface area contributed by atoms with Crippen LogP contribution in [-0.2, 0) is 0 Å². The van der Waals surface area contributed by atoms with Crippen LogP contribution in [0.3, 0.4) is 0 Å². The van der Waals surface area contributed by atoms with Crippen molar-refractivity contribution in [3.8, 4) is 0 Å². The second-order valence-corrected chi connectivity index (χ2v) is 3.79. The van der Waals surface area contributed by atoms with Crippen LogP contribution in [0.15, 0.2) is 24.3 Å². The van der Waals surface area contributed by atoms with Crippen LogP contribution in [0.2, 0.25) is 0 Å². The Hall–Kier alpha value is -1.65. The molecule has 1 atom stereocenters. The van der Waals surface area contributed by atoms with Gasteiger partial charge in [0.1, 0.15) is 6.04 Å². The minimum absolute atomic E-state index is 0.00955. The van der Waals surface area contributed by atoms with Gasteiger partial charge >= 0.3 is 6.03 Å². The summed E-state index contributed by atoms with van der Waals surface area (Å²) in [5.74, 6) is 0. The number of hydrogen-bond acceptors (Lipinski definition) is 1. The zero-order valence-electron chi connectivity index (χ0n) is 8.78. The maximum absolute atomic E-state index is 12.7. The van der Waals surface area contributed by atoms with Gasteiger partial charge in [-0.15, -0.1) is 0 Å². The van der Waals surface area contributed by atoms with Gasteiger partial charge in [-0.05, 0) is 19.1 Å². The maximum Gasteiger partial charge on any atom is 0.322 e. The summed E-state index contributed by atoms with van der Waals surface area (Å²) in [4.78, 5) is 12.6. The first-order valence-corrected chi connectivity index (χ1v) is 5.01. The monoisotopic (exact) mass is 226 g/mol. The maximum atomic E-state index is 12.7. The van der Waals surface area contributed by atoms with Crippen LogP contribution in [0, 0.1) is 6.92 Å². The van der Waals surface area contributed by atoms with Crippen molar-refractivity contribution < 1.29 is 13.6 Å². The Kier molecular flexibility index (Phi) is 2.77. The molecular weight excluding hydrogens is 214 g/mol. The molecule has 16 heavy (non-hydrogen) atoms. The molecule has 5 heteroatoms. The minimum atomic E-state index is -2.54. The molecule has 1 fully saturated rings. The van der Waals surface area contributed by atoms with Crippen molar-refractivity contribution in [1.29, 1.82) is 0 Å². The van der Waals surface area contributed by atoms with E-state index in [0.29, 0.717) is 5.69 Å². The first-order valence-electron chi connectivity index (χ1n) is 5.01. The zero-order valence-corrected chi connectivity index (χ0v) is 8.78. The second-order valence-electron chi connectivity index (χ2n) is 3.79. The molecule has 0 saturated carbocycles. The molecule has 2 amide bonds. The number of nitrogens with one attached hydrogen (secondary N) is 1. The van der Waals surface area contributed by atoms with Gasteiger partial charge in [0.15, 0.2) is 0 Å². The standard InChI is InChI=1S/C11H12F2N2O/c1-7-2-4-8(5-3-7)15-9(10(12)13)6-14-11(15)16/h2-5,9-10H,6H2,1H3,(H,14,16). The lowest BCUT2D eigenvalue weighted by Gasteiger charge is -2.22. The van der Waals surface area contributed by atoms with E-state index in [4.69, 9.17) is 0 Å². The molecule has 1 aromatic carbocycles.